The lowest BCUT2D eigenvalue weighted by molar-refractivity contribution is -0.125. The minimum Gasteiger partial charge on any atom is -0.339 e. The van der Waals surface area contributed by atoms with Crippen LogP contribution in [0.5, 0.6) is 0 Å². The number of hydrogen-bond donors (Lipinski definition) is 2. The van der Waals surface area contributed by atoms with Gasteiger partial charge in [-0.25, -0.2) is 4.79 Å². The number of imide groups is 1. The number of fused-ring (bicyclic) bond motifs is 1. The van der Waals surface area contributed by atoms with Gasteiger partial charge in [-0.3, -0.25) is 19.3 Å². The Morgan fingerprint density at radius 3 is 2.46 bits per heavy atom. The number of rotatable bonds is 5. The summed E-state index contributed by atoms with van der Waals surface area (Å²) in [6.07, 6.45) is 1.18. The number of nitrogens with one attached hydrogen (secondary N) is 2. The molecule has 2 saturated heterocycles. The van der Waals surface area contributed by atoms with E-state index in [1.165, 1.54) is 0 Å². The van der Waals surface area contributed by atoms with Gasteiger partial charge in [0, 0.05) is 30.3 Å². The number of anilines is 1. The highest BCUT2D eigenvalue weighted by Crippen LogP contribution is 2.25. The molecule has 5 rings (SSSR count). The molecule has 0 spiro atoms. The molecule has 2 fully saturated rings. The highest BCUT2D eigenvalue weighted by atomic mass is 16.2. The van der Waals surface area contributed by atoms with E-state index in [-0.39, 0.29) is 36.7 Å². The Morgan fingerprint density at radius 2 is 1.69 bits per heavy atom. The summed E-state index contributed by atoms with van der Waals surface area (Å²) in [5.74, 6) is -0.557. The first-order valence-electron chi connectivity index (χ1n) is 11.7. The summed E-state index contributed by atoms with van der Waals surface area (Å²) in [7, 11) is 0. The van der Waals surface area contributed by atoms with Crippen molar-refractivity contribution >= 4 is 40.2 Å². The number of likely N-dealkylation sites (tertiary alicyclic amines) is 1. The van der Waals surface area contributed by atoms with Gasteiger partial charge >= 0.3 is 6.03 Å². The number of carbonyl (C=O) groups is 4. The molecular weight excluding hydrogens is 444 g/mol. The number of benzene rings is 3. The second-order valence-corrected chi connectivity index (χ2v) is 8.92. The standard InChI is InChI=1S/C27H26N4O4/c32-24-16-28-27(35)31(24)17-18-5-3-8-21(15-18)29-25(33)20-11-13-30(14-12-20)26(34)23-10-4-7-19-6-1-2-9-22(19)23/h1-10,15,20H,11-14,16-17H2,(H,28,35)(H,29,33). The molecule has 2 aliphatic rings. The summed E-state index contributed by atoms with van der Waals surface area (Å²) >= 11 is 0. The van der Waals surface area contributed by atoms with Gasteiger partial charge in [0.2, 0.25) is 11.8 Å². The van der Waals surface area contributed by atoms with Crippen molar-refractivity contribution in [1.82, 2.24) is 15.1 Å². The molecule has 0 bridgehead atoms. The highest BCUT2D eigenvalue weighted by Gasteiger charge is 2.30. The van der Waals surface area contributed by atoms with Crippen LogP contribution in [0.2, 0.25) is 0 Å². The lowest BCUT2D eigenvalue weighted by Crippen LogP contribution is -2.41. The molecule has 8 heteroatoms. The van der Waals surface area contributed by atoms with Gasteiger partial charge in [-0.2, -0.15) is 0 Å². The zero-order valence-corrected chi connectivity index (χ0v) is 19.2. The molecule has 178 valence electrons. The van der Waals surface area contributed by atoms with Crippen molar-refractivity contribution < 1.29 is 19.2 Å². The third kappa shape index (κ3) is 4.73. The van der Waals surface area contributed by atoms with Gasteiger partial charge in [-0.1, -0.05) is 48.5 Å². The van der Waals surface area contributed by atoms with Crippen molar-refractivity contribution in [3.05, 3.63) is 77.9 Å². The molecule has 35 heavy (non-hydrogen) atoms. The summed E-state index contributed by atoms with van der Waals surface area (Å²) in [6, 6.07) is 20.3. The van der Waals surface area contributed by atoms with Crippen LogP contribution in [-0.4, -0.2) is 53.2 Å². The predicted molar refractivity (Wildman–Crippen MR) is 132 cm³/mol. The normalized spacial score (nSPS) is 16.5. The van der Waals surface area contributed by atoms with E-state index in [0.717, 1.165) is 21.2 Å². The number of piperidine rings is 1. The minimum atomic E-state index is -0.408. The summed E-state index contributed by atoms with van der Waals surface area (Å²) in [5.41, 5.74) is 2.06. The fraction of sp³-hybridized carbons (Fsp3) is 0.259. The predicted octanol–water partition coefficient (Wildman–Crippen LogP) is 3.38. The van der Waals surface area contributed by atoms with Crippen molar-refractivity contribution in [2.45, 2.75) is 19.4 Å². The van der Waals surface area contributed by atoms with E-state index in [2.05, 4.69) is 10.6 Å². The first-order valence-corrected chi connectivity index (χ1v) is 11.7. The smallest absolute Gasteiger partial charge is 0.324 e. The Labute approximate surface area is 202 Å². The Kier molecular flexibility index (Phi) is 6.18. The van der Waals surface area contributed by atoms with Crippen molar-refractivity contribution in [2.24, 2.45) is 5.92 Å². The summed E-state index contributed by atoms with van der Waals surface area (Å²) < 4.78 is 0. The van der Waals surface area contributed by atoms with Crippen LogP contribution in [0.25, 0.3) is 10.8 Å². The quantitative estimate of drug-likeness (QED) is 0.559. The van der Waals surface area contributed by atoms with Crippen LogP contribution in [0, 0.1) is 5.92 Å². The van der Waals surface area contributed by atoms with Gasteiger partial charge in [0.15, 0.2) is 0 Å². The number of carbonyl (C=O) groups excluding carboxylic acids is 4. The highest BCUT2D eigenvalue weighted by molar-refractivity contribution is 6.07. The fourth-order valence-corrected chi connectivity index (χ4v) is 4.72. The van der Waals surface area contributed by atoms with E-state index in [4.69, 9.17) is 0 Å². The molecular formula is C27H26N4O4. The Balaban J connectivity index is 1.19. The third-order valence-corrected chi connectivity index (χ3v) is 6.65. The lowest BCUT2D eigenvalue weighted by atomic mass is 9.94. The van der Waals surface area contributed by atoms with Crippen LogP contribution in [0.15, 0.2) is 66.7 Å². The molecule has 5 amide bonds. The number of hydrogen-bond acceptors (Lipinski definition) is 4. The van der Waals surface area contributed by atoms with Crippen LogP contribution in [0.3, 0.4) is 0 Å². The minimum absolute atomic E-state index is 0.00569. The SMILES string of the molecule is O=C(Nc1cccc(CN2C(=O)CNC2=O)c1)C1CCN(C(=O)c2cccc3ccccc23)CC1. The van der Waals surface area contributed by atoms with Gasteiger partial charge in [-0.15, -0.1) is 0 Å². The molecule has 0 unspecified atom stereocenters. The molecule has 0 saturated carbocycles. The van der Waals surface area contributed by atoms with Crippen LogP contribution >= 0.6 is 0 Å². The number of urea groups is 1. The summed E-state index contributed by atoms with van der Waals surface area (Å²) in [5, 5.41) is 7.42. The van der Waals surface area contributed by atoms with Crippen LogP contribution < -0.4 is 10.6 Å². The zero-order valence-electron chi connectivity index (χ0n) is 19.2. The Hall–Kier alpha value is -4.20. The maximum absolute atomic E-state index is 13.2. The summed E-state index contributed by atoms with van der Waals surface area (Å²) in [6.45, 7) is 1.21. The molecule has 3 aromatic carbocycles. The second kappa shape index (κ2) is 9.58. The average molecular weight is 471 g/mol. The monoisotopic (exact) mass is 470 g/mol. The average Bonchev–Trinajstić information content (AvgIpc) is 3.20. The van der Waals surface area contributed by atoms with Gasteiger partial charge < -0.3 is 15.5 Å². The molecule has 3 aromatic rings. The molecule has 0 atom stereocenters. The van der Waals surface area contributed by atoms with Crippen LogP contribution in [-0.2, 0) is 16.1 Å². The number of amides is 5. The third-order valence-electron chi connectivity index (χ3n) is 6.65. The first-order chi connectivity index (χ1) is 17.0. The molecule has 0 radical (unpaired) electrons. The summed E-state index contributed by atoms with van der Waals surface area (Å²) in [4.78, 5) is 52.7. The van der Waals surface area contributed by atoms with Crippen molar-refractivity contribution in [3.8, 4) is 0 Å². The van der Waals surface area contributed by atoms with E-state index in [0.29, 0.717) is 37.2 Å². The lowest BCUT2D eigenvalue weighted by Gasteiger charge is -2.31. The Morgan fingerprint density at radius 1 is 0.943 bits per heavy atom. The van der Waals surface area contributed by atoms with E-state index in [1.54, 1.807) is 18.2 Å². The van der Waals surface area contributed by atoms with Crippen LogP contribution in [0.4, 0.5) is 10.5 Å². The van der Waals surface area contributed by atoms with E-state index in [1.807, 2.05) is 53.4 Å². The van der Waals surface area contributed by atoms with Gasteiger partial charge in [-0.05, 0) is 47.4 Å². The van der Waals surface area contributed by atoms with Gasteiger partial charge in [0.25, 0.3) is 5.91 Å². The molecule has 0 aromatic heterocycles. The fourth-order valence-electron chi connectivity index (χ4n) is 4.72. The molecule has 0 aliphatic carbocycles. The van der Waals surface area contributed by atoms with Gasteiger partial charge in [0.05, 0.1) is 13.1 Å². The van der Waals surface area contributed by atoms with Crippen molar-refractivity contribution in [2.75, 3.05) is 25.0 Å². The van der Waals surface area contributed by atoms with Crippen molar-refractivity contribution in [1.29, 1.82) is 0 Å². The zero-order chi connectivity index (χ0) is 24.4. The topological polar surface area (TPSA) is 98.8 Å². The van der Waals surface area contributed by atoms with E-state index >= 15 is 0 Å². The first kappa shape index (κ1) is 22.6. The molecule has 2 N–H and O–H groups in total. The van der Waals surface area contributed by atoms with Crippen LogP contribution in [0.1, 0.15) is 28.8 Å². The largest absolute Gasteiger partial charge is 0.339 e. The van der Waals surface area contributed by atoms with Crippen molar-refractivity contribution in [3.63, 3.8) is 0 Å². The number of nitrogens with zero attached hydrogens (tertiary/aromatic N) is 2. The Bertz CT molecular complexity index is 1290. The van der Waals surface area contributed by atoms with Gasteiger partial charge in [0.1, 0.15) is 0 Å². The molecule has 2 aliphatic heterocycles. The maximum atomic E-state index is 13.2. The second-order valence-electron chi connectivity index (χ2n) is 8.92. The molecule has 2 heterocycles. The van der Waals surface area contributed by atoms with E-state index in [9.17, 15) is 19.2 Å². The maximum Gasteiger partial charge on any atom is 0.324 e. The van der Waals surface area contributed by atoms with E-state index < -0.39 is 6.03 Å². The molecule has 8 nitrogen and oxygen atoms in total.